The Morgan fingerprint density at radius 3 is 2.34 bits per heavy atom. The summed E-state index contributed by atoms with van der Waals surface area (Å²) in [6, 6.07) is 9.11. The number of sulfonamides is 1. The van der Waals surface area contributed by atoms with Crippen LogP contribution in [-0.2, 0) is 21.4 Å². The molecule has 1 aliphatic heterocycles. The molecule has 0 bridgehead atoms. The highest BCUT2D eigenvalue weighted by Crippen LogP contribution is 2.27. The van der Waals surface area contributed by atoms with E-state index in [4.69, 9.17) is 0 Å². The first-order chi connectivity index (χ1) is 13.6. The van der Waals surface area contributed by atoms with Crippen LogP contribution in [-0.4, -0.2) is 36.3 Å². The summed E-state index contributed by atoms with van der Waals surface area (Å²) in [6.45, 7) is 5.03. The van der Waals surface area contributed by atoms with Crippen LogP contribution in [0.1, 0.15) is 20.3 Å². The highest BCUT2D eigenvalue weighted by Gasteiger charge is 2.31. The molecule has 1 saturated heterocycles. The fourth-order valence-electron chi connectivity index (χ4n) is 3.64. The highest BCUT2D eigenvalue weighted by atomic mass is 79.9. The number of nitrogens with zero attached hydrogens (tertiary/aromatic N) is 2. The van der Waals surface area contributed by atoms with Crippen molar-refractivity contribution in [1.29, 1.82) is 0 Å². The summed E-state index contributed by atoms with van der Waals surface area (Å²) < 4.78 is 29.4. The molecule has 2 aromatic rings. The molecule has 1 N–H and O–H groups in total. The van der Waals surface area contributed by atoms with Crippen molar-refractivity contribution in [3.8, 4) is 0 Å². The number of pyridine rings is 1. The van der Waals surface area contributed by atoms with Crippen LogP contribution in [0.3, 0.4) is 0 Å². The number of carbonyl (C=O) groups excluding carboxylic acids is 1. The van der Waals surface area contributed by atoms with E-state index < -0.39 is 10.0 Å². The van der Waals surface area contributed by atoms with Gasteiger partial charge >= 0.3 is 0 Å². The standard InChI is InChI=1S/C20H24BrN3O4S/c1-14-9-15(2)11-24(10-14)29(27,28)18-6-4-17(5-7-18)22-19(25)13-23-12-16(21)3-8-20(23)26/h3-8,12,14-15H,9-11,13H2,1-2H3,(H,22,25)/t14-,15-/m1/s1. The maximum absolute atomic E-state index is 12.9. The van der Waals surface area contributed by atoms with E-state index in [1.165, 1.54) is 29.0 Å². The Kier molecular flexibility index (Phi) is 6.60. The number of anilines is 1. The zero-order chi connectivity index (χ0) is 21.2. The van der Waals surface area contributed by atoms with Gasteiger partial charge in [0.15, 0.2) is 0 Å². The van der Waals surface area contributed by atoms with Crippen LogP contribution in [0.4, 0.5) is 5.69 Å². The summed E-state index contributed by atoms with van der Waals surface area (Å²) in [4.78, 5) is 24.2. The fraction of sp³-hybridized carbons (Fsp3) is 0.400. The summed E-state index contributed by atoms with van der Waals surface area (Å²) in [5.74, 6) is 0.279. The van der Waals surface area contributed by atoms with Gasteiger partial charge in [-0.25, -0.2) is 8.42 Å². The van der Waals surface area contributed by atoms with Crippen LogP contribution in [0.15, 0.2) is 56.8 Å². The van der Waals surface area contributed by atoms with Crippen LogP contribution < -0.4 is 10.9 Å². The van der Waals surface area contributed by atoms with Gasteiger partial charge in [-0.1, -0.05) is 13.8 Å². The molecule has 2 atom stereocenters. The first-order valence-electron chi connectivity index (χ1n) is 9.41. The summed E-state index contributed by atoms with van der Waals surface area (Å²) in [7, 11) is -3.56. The van der Waals surface area contributed by atoms with Crippen LogP contribution in [0.25, 0.3) is 0 Å². The first kappa shape index (κ1) is 21.7. The second-order valence-corrected chi connectivity index (χ2v) is 10.5. The maximum atomic E-state index is 12.9. The quantitative estimate of drug-likeness (QED) is 0.710. The number of aromatic nitrogens is 1. The predicted octanol–water partition coefficient (Wildman–Crippen LogP) is 2.92. The average Bonchev–Trinajstić information content (AvgIpc) is 2.64. The lowest BCUT2D eigenvalue weighted by Crippen LogP contribution is -2.42. The van der Waals surface area contributed by atoms with Gasteiger partial charge in [0.25, 0.3) is 5.56 Å². The minimum atomic E-state index is -3.56. The molecule has 0 spiro atoms. The van der Waals surface area contributed by atoms with E-state index in [2.05, 4.69) is 35.1 Å². The number of nitrogens with one attached hydrogen (secondary N) is 1. The van der Waals surface area contributed by atoms with E-state index in [0.717, 1.165) is 6.42 Å². The van der Waals surface area contributed by atoms with Crippen molar-refractivity contribution in [3.63, 3.8) is 0 Å². The Morgan fingerprint density at radius 1 is 1.10 bits per heavy atom. The van der Waals surface area contributed by atoms with E-state index in [1.54, 1.807) is 22.5 Å². The summed E-state index contributed by atoms with van der Waals surface area (Å²) in [5, 5.41) is 2.69. The number of hydrogen-bond donors (Lipinski definition) is 1. The number of halogens is 1. The summed E-state index contributed by atoms with van der Waals surface area (Å²) >= 11 is 3.27. The van der Waals surface area contributed by atoms with Crippen molar-refractivity contribution < 1.29 is 13.2 Å². The number of benzene rings is 1. The third kappa shape index (κ3) is 5.34. The van der Waals surface area contributed by atoms with Gasteiger partial charge in [0.2, 0.25) is 15.9 Å². The van der Waals surface area contributed by atoms with Crippen molar-refractivity contribution in [2.45, 2.75) is 31.7 Å². The van der Waals surface area contributed by atoms with Gasteiger partial charge in [0, 0.05) is 35.5 Å². The molecule has 1 aromatic carbocycles. The molecule has 0 radical (unpaired) electrons. The predicted molar refractivity (Wildman–Crippen MR) is 115 cm³/mol. The molecule has 9 heteroatoms. The van der Waals surface area contributed by atoms with Gasteiger partial charge in [-0.05, 0) is 64.5 Å². The zero-order valence-electron chi connectivity index (χ0n) is 16.3. The van der Waals surface area contributed by atoms with Gasteiger partial charge in [-0.3, -0.25) is 9.59 Å². The molecular weight excluding hydrogens is 458 g/mol. The Labute approximate surface area is 178 Å². The largest absolute Gasteiger partial charge is 0.325 e. The fourth-order valence-corrected chi connectivity index (χ4v) is 5.70. The minimum absolute atomic E-state index is 0.137. The molecule has 0 saturated carbocycles. The number of piperidine rings is 1. The third-order valence-electron chi connectivity index (χ3n) is 4.87. The minimum Gasteiger partial charge on any atom is -0.325 e. The van der Waals surface area contributed by atoms with Crippen molar-refractivity contribution in [3.05, 3.63) is 57.4 Å². The first-order valence-corrected chi connectivity index (χ1v) is 11.6. The highest BCUT2D eigenvalue weighted by molar-refractivity contribution is 9.10. The normalized spacial score (nSPS) is 20.4. The molecule has 2 heterocycles. The van der Waals surface area contributed by atoms with Gasteiger partial charge in [-0.2, -0.15) is 4.31 Å². The van der Waals surface area contributed by atoms with Crippen LogP contribution >= 0.6 is 15.9 Å². The maximum Gasteiger partial charge on any atom is 0.251 e. The van der Waals surface area contributed by atoms with E-state index in [9.17, 15) is 18.0 Å². The lowest BCUT2D eigenvalue weighted by molar-refractivity contribution is -0.116. The summed E-state index contributed by atoms with van der Waals surface area (Å²) in [5.41, 5.74) is 0.187. The molecular formula is C20H24BrN3O4S. The van der Waals surface area contributed by atoms with Crippen LogP contribution in [0.2, 0.25) is 0 Å². The molecule has 1 aliphatic rings. The molecule has 0 unspecified atom stereocenters. The lowest BCUT2D eigenvalue weighted by atomic mass is 9.94. The Hall–Kier alpha value is -1.97. The van der Waals surface area contributed by atoms with E-state index in [0.29, 0.717) is 35.1 Å². The summed E-state index contributed by atoms with van der Waals surface area (Å²) in [6.07, 6.45) is 2.57. The second kappa shape index (κ2) is 8.81. The molecule has 1 amide bonds. The SMILES string of the molecule is C[C@@H]1C[C@@H](C)CN(S(=O)(=O)c2ccc(NC(=O)Cn3cc(Br)ccc3=O)cc2)C1. The number of rotatable bonds is 5. The molecule has 0 aliphatic carbocycles. The molecule has 29 heavy (non-hydrogen) atoms. The van der Waals surface area contributed by atoms with E-state index in [1.807, 2.05) is 0 Å². The molecule has 1 aromatic heterocycles. The van der Waals surface area contributed by atoms with Crippen molar-refractivity contribution in [2.24, 2.45) is 11.8 Å². The van der Waals surface area contributed by atoms with Gasteiger partial charge < -0.3 is 9.88 Å². The van der Waals surface area contributed by atoms with Gasteiger partial charge in [0.1, 0.15) is 6.54 Å². The second-order valence-electron chi connectivity index (χ2n) is 7.65. The average molecular weight is 482 g/mol. The number of hydrogen-bond acceptors (Lipinski definition) is 4. The van der Waals surface area contributed by atoms with Crippen LogP contribution in [0, 0.1) is 11.8 Å². The lowest BCUT2D eigenvalue weighted by Gasteiger charge is -2.34. The molecule has 3 rings (SSSR count). The molecule has 156 valence electrons. The third-order valence-corrected chi connectivity index (χ3v) is 7.19. The van der Waals surface area contributed by atoms with Crippen molar-refractivity contribution in [1.82, 2.24) is 8.87 Å². The van der Waals surface area contributed by atoms with E-state index in [-0.39, 0.29) is 22.9 Å². The molecule has 7 nitrogen and oxygen atoms in total. The monoisotopic (exact) mass is 481 g/mol. The Balaban J connectivity index is 1.69. The Bertz CT molecular complexity index is 1040. The van der Waals surface area contributed by atoms with E-state index >= 15 is 0 Å². The number of amides is 1. The molecule has 1 fully saturated rings. The smallest absolute Gasteiger partial charge is 0.251 e. The van der Waals surface area contributed by atoms with Gasteiger partial charge in [0.05, 0.1) is 4.90 Å². The van der Waals surface area contributed by atoms with Crippen molar-refractivity contribution in [2.75, 3.05) is 18.4 Å². The Morgan fingerprint density at radius 2 is 1.72 bits per heavy atom. The van der Waals surface area contributed by atoms with Crippen molar-refractivity contribution >= 4 is 37.5 Å². The van der Waals surface area contributed by atoms with Crippen LogP contribution in [0.5, 0.6) is 0 Å². The number of carbonyl (C=O) groups is 1. The van der Waals surface area contributed by atoms with Gasteiger partial charge in [-0.15, -0.1) is 0 Å². The zero-order valence-corrected chi connectivity index (χ0v) is 18.7. The topological polar surface area (TPSA) is 88.5 Å².